The molecule has 1 amide bonds. The van der Waals surface area contributed by atoms with Crippen LogP contribution in [0.5, 0.6) is 0 Å². The van der Waals surface area contributed by atoms with Crippen molar-refractivity contribution >= 4 is 11.9 Å². The van der Waals surface area contributed by atoms with Gasteiger partial charge in [0.2, 0.25) is 0 Å². The van der Waals surface area contributed by atoms with Crippen LogP contribution in [-0.4, -0.2) is 18.0 Å². The van der Waals surface area contributed by atoms with Crippen LogP contribution >= 0.6 is 0 Å². The molecule has 4 heteroatoms. The fraction of sp³-hybridized carbons (Fsp3) is 0.818. The first-order chi connectivity index (χ1) is 7.02. The van der Waals surface area contributed by atoms with E-state index in [9.17, 15) is 9.59 Å². The van der Waals surface area contributed by atoms with Gasteiger partial charge in [0.05, 0.1) is 5.92 Å². The van der Waals surface area contributed by atoms with E-state index in [1.807, 2.05) is 6.92 Å². The van der Waals surface area contributed by atoms with Crippen LogP contribution in [0.15, 0.2) is 0 Å². The summed E-state index contributed by atoms with van der Waals surface area (Å²) < 4.78 is 4.95. The minimum absolute atomic E-state index is 0.105. The molecule has 0 saturated carbocycles. The van der Waals surface area contributed by atoms with Crippen molar-refractivity contribution in [3.8, 4) is 0 Å². The second-order valence-corrected chi connectivity index (χ2v) is 3.73. The molecule has 0 aliphatic rings. The molecular weight excluding hydrogens is 194 g/mol. The van der Waals surface area contributed by atoms with Gasteiger partial charge < -0.3 is 10.5 Å². The van der Waals surface area contributed by atoms with Crippen LogP contribution < -0.4 is 5.73 Å². The quantitative estimate of drug-likeness (QED) is 0.656. The molecule has 0 radical (unpaired) electrons. The average Bonchev–Trinajstić information content (AvgIpc) is 2.18. The minimum Gasteiger partial charge on any atom is -0.452 e. The molecule has 0 aliphatic heterocycles. The molecule has 0 saturated heterocycles. The molecule has 0 aliphatic carbocycles. The summed E-state index contributed by atoms with van der Waals surface area (Å²) in [6, 6.07) is 0. The van der Waals surface area contributed by atoms with E-state index in [2.05, 4.69) is 6.92 Å². The molecule has 0 aromatic carbocycles. The highest BCUT2D eigenvalue weighted by molar-refractivity contribution is 5.82. The summed E-state index contributed by atoms with van der Waals surface area (Å²) in [6.45, 7) is 5.51. The molecule has 2 unspecified atom stereocenters. The highest BCUT2D eigenvalue weighted by atomic mass is 16.5. The largest absolute Gasteiger partial charge is 0.452 e. The van der Waals surface area contributed by atoms with Crippen molar-refractivity contribution in [2.24, 2.45) is 11.7 Å². The van der Waals surface area contributed by atoms with Crippen LogP contribution in [0.1, 0.15) is 46.5 Å². The third kappa shape index (κ3) is 5.40. The number of carbonyl (C=O) groups is 2. The number of primary amides is 1. The molecule has 0 aromatic heterocycles. The normalized spacial score (nSPS) is 14.3. The number of carbonyl (C=O) groups excluding carboxylic acids is 2. The summed E-state index contributed by atoms with van der Waals surface area (Å²) in [4.78, 5) is 22.3. The summed E-state index contributed by atoms with van der Waals surface area (Å²) in [5.74, 6) is -1.02. The maximum absolute atomic E-state index is 11.6. The summed E-state index contributed by atoms with van der Waals surface area (Å²) in [5.41, 5.74) is 5.01. The van der Waals surface area contributed by atoms with Crippen molar-refractivity contribution in [1.29, 1.82) is 0 Å². The number of ether oxygens (including phenoxy) is 1. The molecule has 0 heterocycles. The van der Waals surface area contributed by atoms with Crippen molar-refractivity contribution in [3.05, 3.63) is 0 Å². The highest BCUT2D eigenvalue weighted by Crippen LogP contribution is 2.15. The average molecular weight is 215 g/mol. The van der Waals surface area contributed by atoms with Crippen molar-refractivity contribution in [2.45, 2.75) is 52.6 Å². The second kappa shape index (κ2) is 7.26. The minimum atomic E-state index is -0.826. The van der Waals surface area contributed by atoms with Gasteiger partial charge in [0.1, 0.15) is 0 Å². The van der Waals surface area contributed by atoms with E-state index in [1.54, 1.807) is 0 Å². The predicted octanol–water partition coefficient (Wildman–Crippen LogP) is 1.62. The topological polar surface area (TPSA) is 69.4 Å². The van der Waals surface area contributed by atoms with Gasteiger partial charge in [-0.2, -0.15) is 0 Å². The molecule has 2 N–H and O–H groups in total. The van der Waals surface area contributed by atoms with Crippen LogP contribution in [0.2, 0.25) is 0 Å². The Morgan fingerprint density at radius 1 is 1.33 bits per heavy atom. The van der Waals surface area contributed by atoms with Crippen LogP contribution in [0.25, 0.3) is 0 Å². The lowest BCUT2D eigenvalue weighted by atomic mass is 10.00. The first-order valence-electron chi connectivity index (χ1n) is 5.52. The van der Waals surface area contributed by atoms with Crippen LogP contribution in [0.4, 0.5) is 0 Å². The fourth-order valence-electron chi connectivity index (χ4n) is 1.27. The van der Waals surface area contributed by atoms with E-state index in [4.69, 9.17) is 10.5 Å². The zero-order chi connectivity index (χ0) is 11.8. The maximum Gasteiger partial charge on any atom is 0.309 e. The van der Waals surface area contributed by atoms with Crippen LogP contribution in [0.3, 0.4) is 0 Å². The molecule has 0 fully saturated rings. The van der Waals surface area contributed by atoms with Crippen molar-refractivity contribution in [1.82, 2.24) is 0 Å². The molecule has 2 atom stereocenters. The number of amides is 1. The number of unbranched alkanes of at least 4 members (excludes halogenated alkanes) is 1. The van der Waals surface area contributed by atoms with Gasteiger partial charge in [0, 0.05) is 0 Å². The molecule has 0 aromatic rings. The first kappa shape index (κ1) is 13.9. The standard InChI is InChI=1S/C11H21NO3/c1-4-6-7-9(5-2)11(14)15-8(3)10(12)13/h8-9H,4-7H2,1-3H3,(H2,12,13). The van der Waals surface area contributed by atoms with Gasteiger partial charge in [-0.25, -0.2) is 0 Å². The van der Waals surface area contributed by atoms with E-state index in [1.165, 1.54) is 6.92 Å². The summed E-state index contributed by atoms with van der Waals surface area (Å²) in [5, 5.41) is 0. The molecule has 4 nitrogen and oxygen atoms in total. The Morgan fingerprint density at radius 2 is 1.93 bits per heavy atom. The van der Waals surface area contributed by atoms with E-state index in [-0.39, 0.29) is 11.9 Å². The Labute approximate surface area is 91.2 Å². The number of hydrogen-bond acceptors (Lipinski definition) is 3. The monoisotopic (exact) mass is 215 g/mol. The Bertz CT molecular complexity index is 216. The lowest BCUT2D eigenvalue weighted by Gasteiger charge is -2.16. The van der Waals surface area contributed by atoms with Gasteiger partial charge >= 0.3 is 5.97 Å². The van der Waals surface area contributed by atoms with E-state index >= 15 is 0 Å². The van der Waals surface area contributed by atoms with Crippen LogP contribution in [0, 0.1) is 5.92 Å². The van der Waals surface area contributed by atoms with Gasteiger partial charge in [-0.1, -0.05) is 26.7 Å². The van der Waals surface area contributed by atoms with E-state index in [0.29, 0.717) is 0 Å². The molecule has 88 valence electrons. The zero-order valence-corrected chi connectivity index (χ0v) is 9.79. The Morgan fingerprint density at radius 3 is 2.33 bits per heavy atom. The molecule has 0 bridgehead atoms. The number of rotatable bonds is 7. The Hall–Kier alpha value is -1.06. The molecular formula is C11H21NO3. The van der Waals surface area contributed by atoms with Crippen molar-refractivity contribution in [2.75, 3.05) is 0 Å². The molecule has 0 rings (SSSR count). The SMILES string of the molecule is CCCCC(CC)C(=O)OC(C)C(N)=O. The van der Waals surface area contributed by atoms with Crippen LogP contribution in [-0.2, 0) is 14.3 Å². The summed E-state index contributed by atoms with van der Waals surface area (Å²) in [7, 11) is 0. The Balaban J connectivity index is 4.09. The third-order valence-electron chi connectivity index (χ3n) is 2.43. The fourth-order valence-corrected chi connectivity index (χ4v) is 1.27. The smallest absolute Gasteiger partial charge is 0.309 e. The summed E-state index contributed by atoms with van der Waals surface area (Å²) in [6.07, 6.45) is 2.78. The predicted molar refractivity (Wildman–Crippen MR) is 58.1 cm³/mol. The van der Waals surface area contributed by atoms with Crippen molar-refractivity contribution < 1.29 is 14.3 Å². The maximum atomic E-state index is 11.6. The van der Waals surface area contributed by atoms with E-state index in [0.717, 1.165) is 25.7 Å². The number of nitrogens with two attached hydrogens (primary N) is 1. The second-order valence-electron chi connectivity index (χ2n) is 3.73. The van der Waals surface area contributed by atoms with Gasteiger partial charge in [0.15, 0.2) is 6.10 Å². The number of esters is 1. The molecule has 0 spiro atoms. The molecule has 15 heavy (non-hydrogen) atoms. The van der Waals surface area contributed by atoms with Gasteiger partial charge in [-0.3, -0.25) is 9.59 Å². The zero-order valence-electron chi connectivity index (χ0n) is 9.79. The van der Waals surface area contributed by atoms with Gasteiger partial charge in [-0.15, -0.1) is 0 Å². The van der Waals surface area contributed by atoms with E-state index < -0.39 is 12.0 Å². The highest BCUT2D eigenvalue weighted by Gasteiger charge is 2.21. The van der Waals surface area contributed by atoms with Gasteiger partial charge in [-0.05, 0) is 19.8 Å². The summed E-state index contributed by atoms with van der Waals surface area (Å²) >= 11 is 0. The van der Waals surface area contributed by atoms with Crippen molar-refractivity contribution in [3.63, 3.8) is 0 Å². The third-order valence-corrected chi connectivity index (χ3v) is 2.43. The van der Waals surface area contributed by atoms with Gasteiger partial charge in [0.25, 0.3) is 5.91 Å². The lowest BCUT2D eigenvalue weighted by Crippen LogP contribution is -2.32. The first-order valence-corrected chi connectivity index (χ1v) is 5.52. The number of hydrogen-bond donors (Lipinski definition) is 1. The lowest BCUT2D eigenvalue weighted by molar-refractivity contribution is -0.158. The Kier molecular flexibility index (Phi) is 6.75.